The Morgan fingerprint density at radius 1 is 1.16 bits per heavy atom. The van der Waals surface area contributed by atoms with Crippen molar-refractivity contribution in [3.8, 4) is 0 Å². The lowest BCUT2D eigenvalue weighted by atomic mass is 9.86. The lowest BCUT2D eigenvalue weighted by molar-refractivity contribution is -0.123. The first-order valence-electron chi connectivity index (χ1n) is 12.0. The van der Waals surface area contributed by atoms with Gasteiger partial charge in [-0.1, -0.05) is 31.7 Å². The minimum atomic E-state index is -0.274. The Balaban J connectivity index is 1.34. The molecule has 1 aromatic heterocycles. The van der Waals surface area contributed by atoms with Gasteiger partial charge < -0.3 is 15.4 Å². The van der Waals surface area contributed by atoms with Crippen LogP contribution in [0.4, 0.5) is 0 Å². The molecule has 6 nitrogen and oxygen atoms in total. The van der Waals surface area contributed by atoms with Crippen LogP contribution in [-0.2, 0) is 20.7 Å². The van der Waals surface area contributed by atoms with Gasteiger partial charge in [0.1, 0.15) is 0 Å². The monoisotopic (exact) mass is 447 g/mol. The molecule has 1 aliphatic carbocycles. The maximum absolute atomic E-state index is 12.9. The highest BCUT2D eigenvalue weighted by atomic mass is 32.1. The number of nitrogens with zero attached hydrogens (tertiary/aromatic N) is 1. The van der Waals surface area contributed by atoms with Gasteiger partial charge in [0, 0.05) is 54.9 Å². The zero-order chi connectivity index (χ0) is 21.6. The number of hydrogen-bond donors (Lipinski definition) is 2. The van der Waals surface area contributed by atoms with E-state index >= 15 is 0 Å². The summed E-state index contributed by atoms with van der Waals surface area (Å²) in [6.45, 7) is 4.25. The van der Waals surface area contributed by atoms with Crippen LogP contribution in [0.2, 0.25) is 0 Å². The van der Waals surface area contributed by atoms with E-state index in [-0.39, 0.29) is 22.9 Å². The van der Waals surface area contributed by atoms with E-state index in [0.29, 0.717) is 19.3 Å². The van der Waals surface area contributed by atoms with E-state index in [1.54, 1.807) is 11.3 Å². The summed E-state index contributed by atoms with van der Waals surface area (Å²) in [5.41, 5.74) is -0.199. The molecule has 1 saturated carbocycles. The molecule has 1 aromatic rings. The Kier molecular flexibility index (Phi) is 7.67. The van der Waals surface area contributed by atoms with Crippen molar-refractivity contribution in [2.75, 3.05) is 32.8 Å². The van der Waals surface area contributed by atoms with Crippen molar-refractivity contribution in [3.63, 3.8) is 0 Å². The number of carbonyl (C=O) groups is 2. The van der Waals surface area contributed by atoms with Crippen LogP contribution >= 0.6 is 11.3 Å². The number of rotatable bonds is 8. The number of ether oxygens (including phenoxy) is 1. The Hall–Kier alpha value is -1.44. The van der Waals surface area contributed by atoms with Crippen molar-refractivity contribution in [2.45, 2.75) is 81.7 Å². The van der Waals surface area contributed by atoms with E-state index in [4.69, 9.17) is 4.74 Å². The minimum Gasteiger partial charge on any atom is -0.379 e. The van der Waals surface area contributed by atoms with Crippen molar-refractivity contribution in [1.82, 2.24) is 15.5 Å². The van der Waals surface area contributed by atoms with Gasteiger partial charge in [0.05, 0.1) is 13.2 Å². The van der Waals surface area contributed by atoms with Gasteiger partial charge in [0.15, 0.2) is 0 Å². The topological polar surface area (TPSA) is 70.7 Å². The van der Waals surface area contributed by atoms with Gasteiger partial charge >= 0.3 is 0 Å². The molecule has 0 aromatic carbocycles. The SMILES string of the molecule is O=C(CCC1(Cc2cccs2)CCC(=O)N1)NCC1(N2CCOCC2)CCCCCC1. The van der Waals surface area contributed by atoms with Crippen LogP contribution in [0, 0.1) is 0 Å². The van der Waals surface area contributed by atoms with Crippen molar-refractivity contribution in [1.29, 1.82) is 0 Å². The number of amides is 2. The molecule has 1 atom stereocenters. The summed E-state index contributed by atoms with van der Waals surface area (Å²) in [5.74, 6) is 0.227. The highest BCUT2D eigenvalue weighted by Crippen LogP contribution is 2.34. The molecule has 172 valence electrons. The molecule has 1 unspecified atom stereocenters. The average Bonchev–Trinajstić information content (AvgIpc) is 3.35. The molecule has 3 fully saturated rings. The van der Waals surface area contributed by atoms with E-state index in [0.717, 1.165) is 58.5 Å². The molecule has 0 spiro atoms. The van der Waals surface area contributed by atoms with Gasteiger partial charge in [-0.2, -0.15) is 0 Å². The predicted molar refractivity (Wildman–Crippen MR) is 123 cm³/mol. The summed E-state index contributed by atoms with van der Waals surface area (Å²) < 4.78 is 5.59. The van der Waals surface area contributed by atoms with Crippen molar-refractivity contribution in [3.05, 3.63) is 22.4 Å². The third-order valence-corrected chi connectivity index (χ3v) is 8.37. The second-order valence-corrected chi connectivity index (χ2v) is 10.6. The number of hydrogen-bond acceptors (Lipinski definition) is 5. The number of morpholine rings is 1. The minimum absolute atomic E-state index is 0.0756. The fourth-order valence-corrected chi connectivity index (χ4v) is 6.51. The Morgan fingerprint density at radius 3 is 2.58 bits per heavy atom. The molecule has 2 saturated heterocycles. The maximum Gasteiger partial charge on any atom is 0.220 e. The molecule has 7 heteroatoms. The van der Waals surface area contributed by atoms with E-state index in [2.05, 4.69) is 33.0 Å². The quantitative estimate of drug-likeness (QED) is 0.600. The van der Waals surface area contributed by atoms with Crippen LogP contribution in [0.5, 0.6) is 0 Å². The van der Waals surface area contributed by atoms with E-state index < -0.39 is 0 Å². The summed E-state index contributed by atoms with van der Waals surface area (Å²) >= 11 is 1.72. The third-order valence-electron chi connectivity index (χ3n) is 7.49. The summed E-state index contributed by atoms with van der Waals surface area (Å²) in [5, 5.41) is 8.57. The lowest BCUT2D eigenvalue weighted by Gasteiger charge is -2.45. The van der Waals surface area contributed by atoms with Crippen LogP contribution in [-0.4, -0.2) is 60.6 Å². The van der Waals surface area contributed by atoms with Gasteiger partial charge in [-0.05, 0) is 37.1 Å². The molecule has 31 heavy (non-hydrogen) atoms. The van der Waals surface area contributed by atoms with E-state index in [1.165, 1.54) is 30.6 Å². The van der Waals surface area contributed by atoms with Gasteiger partial charge in [0.25, 0.3) is 0 Å². The van der Waals surface area contributed by atoms with Gasteiger partial charge in [-0.25, -0.2) is 0 Å². The van der Waals surface area contributed by atoms with E-state index in [1.807, 2.05) is 0 Å². The van der Waals surface area contributed by atoms with E-state index in [9.17, 15) is 9.59 Å². The lowest BCUT2D eigenvalue weighted by Crippen LogP contribution is -2.58. The second-order valence-electron chi connectivity index (χ2n) is 9.60. The van der Waals surface area contributed by atoms with Crippen LogP contribution in [0.25, 0.3) is 0 Å². The normalized spacial score (nSPS) is 26.9. The molecule has 4 rings (SSSR count). The van der Waals surface area contributed by atoms with Crippen LogP contribution < -0.4 is 10.6 Å². The number of thiophene rings is 1. The first-order valence-corrected chi connectivity index (χ1v) is 12.9. The predicted octanol–water partition coefficient (Wildman–Crippen LogP) is 3.26. The maximum atomic E-state index is 12.9. The molecule has 0 radical (unpaired) electrons. The zero-order valence-corrected chi connectivity index (χ0v) is 19.4. The highest BCUT2D eigenvalue weighted by Gasteiger charge is 2.40. The Morgan fingerprint density at radius 2 is 1.94 bits per heavy atom. The van der Waals surface area contributed by atoms with Gasteiger partial charge in [-0.3, -0.25) is 14.5 Å². The molecular formula is C24H37N3O3S. The zero-order valence-electron chi connectivity index (χ0n) is 18.6. The van der Waals surface area contributed by atoms with Crippen LogP contribution in [0.3, 0.4) is 0 Å². The van der Waals surface area contributed by atoms with Crippen molar-refractivity contribution >= 4 is 23.2 Å². The smallest absolute Gasteiger partial charge is 0.220 e. The average molecular weight is 448 g/mol. The Bertz CT molecular complexity index is 724. The molecular weight excluding hydrogens is 410 g/mol. The van der Waals surface area contributed by atoms with Crippen molar-refractivity contribution in [2.24, 2.45) is 0 Å². The molecule has 3 aliphatic rings. The molecule has 2 N–H and O–H groups in total. The number of carbonyl (C=O) groups excluding carboxylic acids is 2. The van der Waals surface area contributed by atoms with Gasteiger partial charge in [-0.15, -0.1) is 11.3 Å². The second kappa shape index (κ2) is 10.5. The summed E-state index contributed by atoms with van der Waals surface area (Å²) in [6, 6.07) is 4.17. The molecule has 2 amide bonds. The largest absolute Gasteiger partial charge is 0.379 e. The molecule has 2 aliphatic heterocycles. The van der Waals surface area contributed by atoms with Crippen LogP contribution in [0.15, 0.2) is 17.5 Å². The summed E-state index contributed by atoms with van der Waals surface area (Å²) in [6.07, 6.45) is 10.8. The third kappa shape index (κ3) is 5.88. The van der Waals surface area contributed by atoms with Gasteiger partial charge in [0.2, 0.25) is 11.8 Å². The molecule has 3 heterocycles. The fraction of sp³-hybridized carbons (Fsp3) is 0.750. The van der Waals surface area contributed by atoms with Crippen molar-refractivity contribution < 1.29 is 14.3 Å². The van der Waals surface area contributed by atoms with Crippen LogP contribution in [0.1, 0.15) is 69.1 Å². The highest BCUT2D eigenvalue weighted by molar-refractivity contribution is 7.09. The standard InChI is InChI=1S/C24H37N3O3S/c28-21(7-11-23(12-8-22(29)26-23)18-20-6-5-17-31-20)25-19-24(9-3-1-2-4-10-24)27-13-15-30-16-14-27/h5-6,17H,1-4,7-16,18-19H2,(H,25,28)(H,26,29). The summed E-state index contributed by atoms with van der Waals surface area (Å²) in [7, 11) is 0. The Labute approximate surface area is 190 Å². The summed E-state index contributed by atoms with van der Waals surface area (Å²) in [4.78, 5) is 28.8. The number of nitrogens with one attached hydrogen (secondary N) is 2. The first-order chi connectivity index (χ1) is 15.1. The molecule has 0 bridgehead atoms. The fourth-order valence-electron chi connectivity index (χ4n) is 5.66. The first kappa shape index (κ1) is 22.7.